The zero-order valence-electron chi connectivity index (χ0n) is 12.0. The number of rotatable bonds is 8. The van der Waals surface area contributed by atoms with Gasteiger partial charge in [0, 0.05) is 18.2 Å². The lowest BCUT2D eigenvalue weighted by Gasteiger charge is -2.25. The highest BCUT2D eigenvalue weighted by atomic mass is 16.5. The summed E-state index contributed by atoms with van der Waals surface area (Å²) in [6.07, 6.45) is 4.50. The van der Waals surface area contributed by atoms with Crippen molar-refractivity contribution in [3.63, 3.8) is 0 Å². The second-order valence-electron chi connectivity index (χ2n) is 5.34. The number of para-hydroxylation sites is 1. The first-order valence-corrected chi connectivity index (χ1v) is 7.31. The molecule has 0 saturated heterocycles. The molecule has 0 aromatic heterocycles. The minimum Gasteiger partial charge on any atom is -0.496 e. The van der Waals surface area contributed by atoms with E-state index < -0.39 is 6.10 Å². The number of unbranched alkanes of at least 4 members (excludes halogenated alkanes) is 1. The van der Waals surface area contributed by atoms with Crippen LogP contribution in [-0.4, -0.2) is 36.2 Å². The van der Waals surface area contributed by atoms with Crippen molar-refractivity contribution in [2.75, 3.05) is 20.2 Å². The van der Waals surface area contributed by atoms with E-state index in [1.807, 2.05) is 24.3 Å². The van der Waals surface area contributed by atoms with E-state index >= 15 is 0 Å². The minimum absolute atomic E-state index is 0.464. The number of aliphatic hydroxyl groups excluding tert-OH is 1. The largest absolute Gasteiger partial charge is 0.496 e. The molecule has 106 valence electrons. The highest BCUT2D eigenvalue weighted by molar-refractivity contribution is 5.35. The molecule has 1 atom stereocenters. The van der Waals surface area contributed by atoms with E-state index in [-0.39, 0.29) is 0 Å². The predicted octanol–water partition coefficient (Wildman–Crippen LogP) is 2.99. The molecule has 0 spiro atoms. The number of ether oxygens (including phenoxy) is 1. The molecule has 1 unspecified atom stereocenters. The van der Waals surface area contributed by atoms with Gasteiger partial charge in [0.2, 0.25) is 0 Å². The molecule has 0 bridgehead atoms. The van der Waals surface area contributed by atoms with E-state index in [0.29, 0.717) is 12.6 Å². The van der Waals surface area contributed by atoms with Crippen molar-refractivity contribution in [1.82, 2.24) is 4.90 Å². The summed E-state index contributed by atoms with van der Waals surface area (Å²) in [6.45, 7) is 4.01. The first-order chi connectivity index (χ1) is 9.26. The van der Waals surface area contributed by atoms with Crippen LogP contribution in [0.2, 0.25) is 0 Å². The predicted molar refractivity (Wildman–Crippen MR) is 77.5 cm³/mol. The Morgan fingerprint density at radius 2 is 2.11 bits per heavy atom. The maximum Gasteiger partial charge on any atom is 0.124 e. The van der Waals surface area contributed by atoms with Gasteiger partial charge in [-0.15, -0.1) is 0 Å². The lowest BCUT2D eigenvalue weighted by atomic mass is 10.1. The van der Waals surface area contributed by atoms with E-state index in [1.54, 1.807) is 7.11 Å². The lowest BCUT2D eigenvalue weighted by Crippen LogP contribution is -2.31. The number of aliphatic hydroxyl groups is 1. The average molecular weight is 263 g/mol. The van der Waals surface area contributed by atoms with E-state index in [1.165, 1.54) is 25.7 Å². The summed E-state index contributed by atoms with van der Waals surface area (Å²) in [5, 5.41) is 10.5. The Morgan fingerprint density at radius 3 is 2.74 bits per heavy atom. The maximum absolute atomic E-state index is 10.5. The molecule has 3 heteroatoms. The van der Waals surface area contributed by atoms with Gasteiger partial charge in [-0.05, 0) is 31.9 Å². The zero-order chi connectivity index (χ0) is 13.7. The van der Waals surface area contributed by atoms with Gasteiger partial charge in [-0.25, -0.2) is 0 Å². The topological polar surface area (TPSA) is 32.7 Å². The molecule has 0 amide bonds. The summed E-state index contributed by atoms with van der Waals surface area (Å²) < 4.78 is 5.33. The smallest absolute Gasteiger partial charge is 0.124 e. The molecule has 0 heterocycles. The quantitative estimate of drug-likeness (QED) is 0.782. The van der Waals surface area contributed by atoms with Gasteiger partial charge in [-0.2, -0.15) is 0 Å². The SMILES string of the molecule is CCCCN(CC(O)c1ccccc1OC)C1CC1. The van der Waals surface area contributed by atoms with Gasteiger partial charge < -0.3 is 9.84 Å². The first kappa shape index (κ1) is 14.4. The molecule has 0 radical (unpaired) electrons. The number of methoxy groups -OCH3 is 1. The molecule has 2 rings (SSSR count). The number of nitrogens with zero attached hydrogens (tertiary/aromatic N) is 1. The second-order valence-corrected chi connectivity index (χ2v) is 5.34. The van der Waals surface area contributed by atoms with Crippen molar-refractivity contribution in [2.24, 2.45) is 0 Å². The van der Waals surface area contributed by atoms with Crippen molar-refractivity contribution < 1.29 is 9.84 Å². The molecule has 0 aliphatic heterocycles. The van der Waals surface area contributed by atoms with Gasteiger partial charge in [-0.1, -0.05) is 31.5 Å². The Balaban J connectivity index is 1.99. The van der Waals surface area contributed by atoms with Crippen molar-refractivity contribution in [3.05, 3.63) is 29.8 Å². The first-order valence-electron chi connectivity index (χ1n) is 7.31. The number of hydrogen-bond acceptors (Lipinski definition) is 3. The molecule has 1 N–H and O–H groups in total. The van der Waals surface area contributed by atoms with Crippen LogP contribution in [-0.2, 0) is 0 Å². The third-order valence-corrected chi connectivity index (χ3v) is 3.77. The van der Waals surface area contributed by atoms with Gasteiger partial charge in [0.25, 0.3) is 0 Å². The van der Waals surface area contributed by atoms with Crippen molar-refractivity contribution >= 4 is 0 Å². The van der Waals surface area contributed by atoms with Gasteiger partial charge in [0.05, 0.1) is 13.2 Å². The van der Waals surface area contributed by atoms with Crippen molar-refractivity contribution in [3.8, 4) is 5.75 Å². The van der Waals surface area contributed by atoms with E-state index in [0.717, 1.165) is 17.9 Å². The molecule has 1 aromatic rings. The fourth-order valence-corrected chi connectivity index (χ4v) is 2.49. The van der Waals surface area contributed by atoms with Crippen LogP contribution in [0.15, 0.2) is 24.3 Å². The summed E-state index contributed by atoms with van der Waals surface area (Å²) >= 11 is 0. The highest BCUT2D eigenvalue weighted by Gasteiger charge is 2.30. The lowest BCUT2D eigenvalue weighted by molar-refractivity contribution is 0.105. The monoisotopic (exact) mass is 263 g/mol. The summed E-state index contributed by atoms with van der Waals surface area (Å²) in [7, 11) is 1.65. The van der Waals surface area contributed by atoms with Crippen LogP contribution < -0.4 is 4.74 Å². The Bertz CT molecular complexity index is 390. The van der Waals surface area contributed by atoms with Crippen LogP contribution in [0.25, 0.3) is 0 Å². The van der Waals surface area contributed by atoms with Crippen LogP contribution in [0, 0.1) is 0 Å². The minimum atomic E-state index is -0.464. The maximum atomic E-state index is 10.5. The van der Waals surface area contributed by atoms with Gasteiger partial charge in [0.1, 0.15) is 5.75 Å². The third kappa shape index (κ3) is 3.95. The van der Waals surface area contributed by atoms with Crippen LogP contribution in [0.1, 0.15) is 44.3 Å². The van der Waals surface area contributed by atoms with E-state index in [2.05, 4.69) is 11.8 Å². The molecular formula is C16H25NO2. The molecule has 3 nitrogen and oxygen atoms in total. The van der Waals surface area contributed by atoms with Crippen LogP contribution in [0.5, 0.6) is 5.75 Å². The Hall–Kier alpha value is -1.06. The fourth-order valence-electron chi connectivity index (χ4n) is 2.49. The third-order valence-electron chi connectivity index (χ3n) is 3.77. The summed E-state index contributed by atoms with van der Waals surface area (Å²) in [5.41, 5.74) is 0.896. The molecule has 1 aromatic carbocycles. The molecular weight excluding hydrogens is 238 g/mol. The van der Waals surface area contributed by atoms with Crippen molar-refractivity contribution in [1.29, 1.82) is 0 Å². The Labute approximate surface area is 116 Å². The zero-order valence-corrected chi connectivity index (χ0v) is 12.0. The van der Waals surface area contributed by atoms with Crippen LogP contribution in [0.3, 0.4) is 0 Å². The number of benzene rings is 1. The van der Waals surface area contributed by atoms with Crippen LogP contribution >= 0.6 is 0 Å². The average Bonchev–Trinajstić information content (AvgIpc) is 3.27. The molecule has 1 fully saturated rings. The van der Waals surface area contributed by atoms with Crippen molar-refractivity contribution in [2.45, 2.75) is 44.8 Å². The molecule has 1 aliphatic carbocycles. The molecule has 1 saturated carbocycles. The molecule has 1 aliphatic rings. The van der Waals surface area contributed by atoms with E-state index in [9.17, 15) is 5.11 Å². The van der Waals surface area contributed by atoms with E-state index in [4.69, 9.17) is 4.74 Å². The Morgan fingerprint density at radius 1 is 1.37 bits per heavy atom. The van der Waals surface area contributed by atoms with Gasteiger partial charge in [0.15, 0.2) is 0 Å². The standard InChI is InChI=1S/C16H25NO2/c1-3-4-11-17(13-9-10-13)12-15(18)14-7-5-6-8-16(14)19-2/h5-8,13,15,18H,3-4,9-12H2,1-2H3. The second kappa shape index (κ2) is 6.92. The fraction of sp³-hybridized carbons (Fsp3) is 0.625. The summed E-state index contributed by atoms with van der Waals surface area (Å²) in [6, 6.07) is 8.44. The van der Waals surface area contributed by atoms with Crippen LogP contribution in [0.4, 0.5) is 0 Å². The van der Waals surface area contributed by atoms with Gasteiger partial charge >= 0.3 is 0 Å². The van der Waals surface area contributed by atoms with Gasteiger partial charge in [-0.3, -0.25) is 4.90 Å². The Kier molecular flexibility index (Phi) is 5.23. The number of hydrogen-bond donors (Lipinski definition) is 1. The highest BCUT2D eigenvalue weighted by Crippen LogP contribution is 2.31. The molecule has 19 heavy (non-hydrogen) atoms. The summed E-state index contributed by atoms with van der Waals surface area (Å²) in [4.78, 5) is 2.43. The summed E-state index contributed by atoms with van der Waals surface area (Å²) in [5.74, 6) is 0.779. The normalized spacial score (nSPS) is 16.6.